The van der Waals surface area contributed by atoms with Gasteiger partial charge in [0.1, 0.15) is 10.7 Å². The average molecular weight is 500 g/mol. The van der Waals surface area contributed by atoms with Gasteiger partial charge in [-0.2, -0.15) is 0 Å². The molecule has 4 rings (SSSR count). The number of hydrogen-bond donors (Lipinski definition) is 2. The van der Waals surface area contributed by atoms with E-state index in [2.05, 4.69) is 10.3 Å². The van der Waals surface area contributed by atoms with E-state index in [1.165, 1.54) is 17.4 Å². The molecule has 0 bridgehead atoms. The molecule has 0 amide bonds. The van der Waals surface area contributed by atoms with E-state index in [9.17, 15) is 15.2 Å². The highest BCUT2D eigenvalue weighted by Crippen LogP contribution is 2.40. The molecule has 6 nitrogen and oxygen atoms in total. The molecule has 9 heteroatoms. The number of nitrogens with zero attached hydrogens (tertiary/aromatic N) is 2. The maximum absolute atomic E-state index is 11.9. The molecular weight excluding hydrogens is 481 g/mol. The molecule has 1 atom stereocenters. The van der Waals surface area contributed by atoms with Gasteiger partial charge in [0, 0.05) is 34.2 Å². The standard InChI is InChI=1S/C24H19Cl2N3O3S/c25-19-6-1-16(2-7-19)11-12-27-21-15-18(5-10-22(21)29(31)32)24(30,23-28-13-14-33-23)17-3-8-20(26)9-4-17/h1-10,13-15,27,30H,11-12H2. The van der Waals surface area contributed by atoms with Gasteiger partial charge in [0.05, 0.1) is 4.92 Å². The van der Waals surface area contributed by atoms with Gasteiger partial charge in [-0.15, -0.1) is 11.3 Å². The third kappa shape index (κ3) is 5.02. The van der Waals surface area contributed by atoms with Crippen molar-refractivity contribution in [3.05, 3.63) is 120 Å². The zero-order valence-electron chi connectivity index (χ0n) is 17.2. The molecule has 0 aliphatic carbocycles. The molecule has 3 aromatic carbocycles. The third-order valence-electron chi connectivity index (χ3n) is 5.26. The number of aliphatic hydroxyl groups is 1. The van der Waals surface area contributed by atoms with Crippen molar-refractivity contribution in [2.24, 2.45) is 0 Å². The van der Waals surface area contributed by atoms with E-state index in [1.807, 2.05) is 12.1 Å². The van der Waals surface area contributed by atoms with Gasteiger partial charge < -0.3 is 10.4 Å². The minimum absolute atomic E-state index is 0.0764. The van der Waals surface area contributed by atoms with Crippen LogP contribution in [0.1, 0.15) is 21.7 Å². The van der Waals surface area contributed by atoms with Crippen molar-refractivity contribution in [1.82, 2.24) is 4.98 Å². The Labute approximate surface area is 204 Å². The number of benzene rings is 3. The molecule has 0 spiro atoms. The number of halogens is 2. The van der Waals surface area contributed by atoms with Crippen LogP contribution in [0.5, 0.6) is 0 Å². The van der Waals surface area contributed by atoms with Crippen LogP contribution in [0.3, 0.4) is 0 Å². The average Bonchev–Trinajstić information content (AvgIpc) is 3.36. The lowest BCUT2D eigenvalue weighted by Crippen LogP contribution is -2.29. The molecule has 0 saturated heterocycles. The fraction of sp³-hybridized carbons (Fsp3) is 0.125. The lowest BCUT2D eigenvalue weighted by atomic mass is 9.86. The molecule has 1 heterocycles. The molecule has 0 radical (unpaired) electrons. The van der Waals surface area contributed by atoms with Crippen LogP contribution in [-0.2, 0) is 12.0 Å². The van der Waals surface area contributed by atoms with Crippen LogP contribution in [0.15, 0.2) is 78.3 Å². The Balaban J connectivity index is 1.70. The number of rotatable bonds is 8. The highest BCUT2D eigenvalue weighted by atomic mass is 35.5. The van der Waals surface area contributed by atoms with Gasteiger partial charge in [0.2, 0.25) is 0 Å². The van der Waals surface area contributed by atoms with Gasteiger partial charge >= 0.3 is 0 Å². The van der Waals surface area contributed by atoms with E-state index in [-0.39, 0.29) is 5.69 Å². The number of nitro groups is 1. The smallest absolute Gasteiger partial charge is 0.292 e. The zero-order valence-corrected chi connectivity index (χ0v) is 19.6. The van der Waals surface area contributed by atoms with Crippen LogP contribution in [0, 0.1) is 10.1 Å². The first kappa shape index (κ1) is 23.2. The molecule has 4 aromatic rings. The molecule has 0 aliphatic heterocycles. The van der Waals surface area contributed by atoms with Gasteiger partial charge in [-0.05, 0) is 59.5 Å². The molecular formula is C24H19Cl2N3O3S. The maximum Gasteiger partial charge on any atom is 0.292 e. The van der Waals surface area contributed by atoms with Gasteiger partial charge in [-0.3, -0.25) is 10.1 Å². The second-order valence-corrected chi connectivity index (χ2v) is 9.11. The summed E-state index contributed by atoms with van der Waals surface area (Å²) in [5.74, 6) is 0. The zero-order chi connectivity index (χ0) is 23.4. The summed E-state index contributed by atoms with van der Waals surface area (Å²) in [6, 6.07) is 18.8. The summed E-state index contributed by atoms with van der Waals surface area (Å²) in [5, 5.41) is 30.1. The second-order valence-electron chi connectivity index (χ2n) is 7.35. The van der Waals surface area contributed by atoms with Crippen LogP contribution >= 0.6 is 34.5 Å². The lowest BCUT2D eigenvalue weighted by Gasteiger charge is -2.28. The van der Waals surface area contributed by atoms with Crippen LogP contribution < -0.4 is 5.32 Å². The van der Waals surface area contributed by atoms with Gasteiger partial charge in [0.25, 0.3) is 5.69 Å². The molecule has 1 unspecified atom stereocenters. The number of anilines is 1. The van der Waals surface area contributed by atoms with E-state index in [0.29, 0.717) is 44.8 Å². The van der Waals surface area contributed by atoms with Crippen LogP contribution in [0.25, 0.3) is 0 Å². The topological polar surface area (TPSA) is 88.3 Å². The Hall–Kier alpha value is -2.97. The molecule has 33 heavy (non-hydrogen) atoms. The molecule has 0 aliphatic rings. The number of aromatic nitrogens is 1. The molecule has 0 fully saturated rings. The number of thiazole rings is 1. The number of nitrogens with one attached hydrogen (secondary N) is 1. The highest BCUT2D eigenvalue weighted by Gasteiger charge is 2.37. The summed E-state index contributed by atoms with van der Waals surface area (Å²) in [6.45, 7) is 0.461. The third-order valence-corrected chi connectivity index (χ3v) is 6.64. The Morgan fingerprint density at radius 2 is 1.64 bits per heavy atom. The summed E-state index contributed by atoms with van der Waals surface area (Å²) in [7, 11) is 0. The maximum atomic E-state index is 11.9. The fourth-order valence-electron chi connectivity index (χ4n) is 3.56. The summed E-state index contributed by atoms with van der Waals surface area (Å²) >= 11 is 13.3. The Morgan fingerprint density at radius 3 is 2.24 bits per heavy atom. The Bertz CT molecular complexity index is 1250. The number of nitro benzene ring substituents is 1. The van der Waals surface area contributed by atoms with Crippen molar-refractivity contribution in [1.29, 1.82) is 0 Å². The van der Waals surface area contributed by atoms with Crippen molar-refractivity contribution in [3.8, 4) is 0 Å². The first-order chi connectivity index (χ1) is 15.9. The Morgan fingerprint density at radius 1 is 1.00 bits per heavy atom. The van der Waals surface area contributed by atoms with E-state index >= 15 is 0 Å². The molecule has 0 saturated carbocycles. The lowest BCUT2D eigenvalue weighted by molar-refractivity contribution is -0.384. The number of hydrogen-bond acceptors (Lipinski definition) is 6. The molecule has 1 aromatic heterocycles. The van der Waals surface area contributed by atoms with Crippen molar-refractivity contribution >= 4 is 45.9 Å². The predicted molar refractivity (Wildman–Crippen MR) is 132 cm³/mol. The second kappa shape index (κ2) is 9.89. The van der Waals surface area contributed by atoms with E-state index < -0.39 is 10.5 Å². The van der Waals surface area contributed by atoms with Crippen molar-refractivity contribution in [2.75, 3.05) is 11.9 Å². The monoisotopic (exact) mass is 499 g/mol. The molecule has 2 N–H and O–H groups in total. The summed E-state index contributed by atoms with van der Waals surface area (Å²) in [6.07, 6.45) is 2.25. The van der Waals surface area contributed by atoms with Crippen molar-refractivity contribution in [2.45, 2.75) is 12.0 Å². The van der Waals surface area contributed by atoms with Crippen LogP contribution in [-0.4, -0.2) is 21.6 Å². The minimum Gasteiger partial charge on any atom is -0.379 e. The largest absolute Gasteiger partial charge is 0.379 e. The first-order valence-electron chi connectivity index (χ1n) is 10.0. The predicted octanol–water partition coefficient (Wildman–Crippen LogP) is 6.30. The minimum atomic E-state index is -1.60. The normalized spacial score (nSPS) is 12.8. The van der Waals surface area contributed by atoms with Crippen LogP contribution in [0.4, 0.5) is 11.4 Å². The van der Waals surface area contributed by atoms with Gasteiger partial charge in [0.15, 0.2) is 5.60 Å². The first-order valence-corrected chi connectivity index (χ1v) is 11.7. The Kier molecular flexibility index (Phi) is 6.95. The summed E-state index contributed by atoms with van der Waals surface area (Å²) in [4.78, 5) is 15.5. The fourth-order valence-corrected chi connectivity index (χ4v) is 4.59. The molecule has 168 valence electrons. The quantitative estimate of drug-likeness (QED) is 0.219. The van der Waals surface area contributed by atoms with Crippen molar-refractivity contribution in [3.63, 3.8) is 0 Å². The van der Waals surface area contributed by atoms with Crippen molar-refractivity contribution < 1.29 is 10.0 Å². The summed E-state index contributed by atoms with van der Waals surface area (Å²) in [5.41, 5.74) is 0.705. The SMILES string of the molecule is O=[N+]([O-])c1ccc(C(O)(c2ccc(Cl)cc2)c2nccs2)cc1NCCc1ccc(Cl)cc1. The van der Waals surface area contributed by atoms with E-state index in [0.717, 1.165) is 5.56 Å². The van der Waals surface area contributed by atoms with Crippen LogP contribution in [0.2, 0.25) is 10.0 Å². The van der Waals surface area contributed by atoms with Gasteiger partial charge in [-0.25, -0.2) is 4.98 Å². The van der Waals surface area contributed by atoms with Gasteiger partial charge in [-0.1, -0.05) is 47.5 Å². The summed E-state index contributed by atoms with van der Waals surface area (Å²) < 4.78 is 0. The van der Waals surface area contributed by atoms with E-state index in [4.69, 9.17) is 23.2 Å². The highest BCUT2D eigenvalue weighted by molar-refractivity contribution is 7.09. The van der Waals surface area contributed by atoms with E-state index in [1.54, 1.807) is 60.1 Å².